The van der Waals surface area contributed by atoms with Gasteiger partial charge in [0.2, 0.25) is 10.0 Å². The van der Waals surface area contributed by atoms with E-state index >= 15 is 0 Å². The average Bonchev–Trinajstić information content (AvgIpc) is 3.43. The van der Waals surface area contributed by atoms with Gasteiger partial charge in [-0.2, -0.15) is 15.5 Å². The molecule has 5 heterocycles. The molecular weight excluding hydrogens is 489 g/mol. The fourth-order valence-electron chi connectivity index (χ4n) is 4.44. The molecule has 0 atom stereocenters. The maximum atomic E-state index is 14.4. The Hall–Kier alpha value is -3.27. The van der Waals surface area contributed by atoms with Gasteiger partial charge in [0.1, 0.15) is 11.1 Å². The Morgan fingerprint density at radius 1 is 1.23 bits per heavy atom. The van der Waals surface area contributed by atoms with Gasteiger partial charge in [-0.1, -0.05) is 11.8 Å². The maximum Gasteiger partial charge on any atom is 0.211 e. The Morgan fingerprint density at radius 3 is 2.69 bits per heavy atom. The van der Waals surface area contributed by atoms with Crippen molar-refractivity contribution in [1.29, 1.82) is 5.26 Å². The molecule has 5 rings (SSSR count). The second-order valence-corrected chi connectivity index (χ2v) is 11.4. The lowest BCUT2D eigenvalue weighted by molar-refractivity contribution is 0.260. The van der Waals surface area contributed by atoms with Crippen LogP contribution in [0, 0.1) is 24.1 Å². The summed E-state index contributed by atoms with van der Waals surface area (Å²) in [6.07, 6.45) is 9.22. The van der Waals surface area contributed by atoms with Crippen LogP contribution in [-0.4, -0.2) is 56.4 Å². The molecule has 0 unspecified atom stereocenters. The molecule has 0 spiro atoms. The van der Waals surface area contributed by atoms with Gasteiger partial charge in [0.15, 0.2) is 5.82 Å². The third-order valence-corrected chi connectivity index (χ3v) is 8.55. The molecule has 0 aromatic carbocycles. The van der Waals surface area contributed by atoms with Crippen molar-refractivity contribution in [2.24, 2.45) is 0 Å². The molecule has 0 N–H and O–H groups in total. The lowest BCUT2D eigenvalue weighted by atomic mass is 10.1. The first-order chi connectivity index (χ1) is 16.8. The standard InChI is InChI=1S/C23H22FN7O2S2/c1-15-19(13-28-31(15)18-5-8-29(9-6-18)35(2,32)33)16-10-21(34-23-20(24)4-3-7-26-23)22-17(11-25)12-27-30(22)14-16/h3-4,7,10,12-14,18H,5-6,8-9H2,1-2H3. The average molecular weight is 512 g/mol. The topological polar surface area (TPSA) is 109 Å². The van der Waals surface area contributed by atoms with E-state index in [1.165, 1.54) is 35.1 Å². The van der Waals surface area contributed by atoms with E-state index in [1.807, 2.05) is 23.9 Å². The van der Waals surface area contributed by atoms with Crippen LogP contribution in [-0.2, 0) is 10.0 Å². The molecule has 1 aliphatic heterocycles. The third kappa shape index (κ3) is 4.42. The maximum absolute atomic E-state index is 14.4. The van der Waals surface area contributed by atoms with Crippen molar-refractivity contribution in [1.82, 2.24) is 28.7 Å². The van der Waals surface area contributed by atoms with Crippen LogP contribution in [0.2, 0.25) is 0 Å². The Morgan fingerprint density at radius 2 is 2.00 bits per heavy atom. The normalized spacial score (nSPS) is 15.5. The Kier molecular flexibility index (Phi) is 6.08. The highest BCUT2D eigenvalue weighted by molar-refractivity contribution is 7.99. The van der Waals surface area contributed by atoms with Gasteiger partial charge in [-0.15, -0.1) is 0 Å². The quantitative estimate of drug-likeness (QED) is 0.402. The summed E-state index contributed by atoms with van der Waals surface area (Å²) in [5.41, 5.74) is 3.62. The number of nitrogens with zero attached hydrogens (tertiary/aromatic N) is 7. The number of nitriles is 1. The van der Waals surface area contributed by atoms with Crippen LogP contribution in [0.5, 0.6) is 0 Å². The highest BCUT2D eigenvalue weighted by Crippen LogP contribution is 2.37. The van der Waals surface area contributed by atoms with E-state index in [9.17, 15) is 18.1 Å². The Bertz CT molecular complexity index is 1560. The summed E-state index contributed by atoms with van der Waals surface area (Å²) in [6.45, 7) is 2.90. The predicted octanol–water partition coefficient (Wildman–Crippen LogP) is 3.66. The number of piperidine rings is 1. The summed E-state index contributed by atoms with van der Waals surface area (Å²) in [4.78, 5) is 4.80. The molecule has 35 heavy (non-hydrogen) atoms. The summed E-state index contributed by atoms with van der Waals surface area (Å²) in [7, 11) is -3.20. The molecule has 0 bridgehead atoms. The smallest absolute Gasteiger partial charge is 0.211 e. The largest absolute Gasteiger partial charge is 0.266 e. The minimum absolute atomic E-state index is 0.0943. The SMILES string of the molecule is Cc1c(-c2cc(Sc3ncccc3F)c3c(C#N)cnn3c2)cnn1C1CCN(S(C)(=O)=O)CC1. The fraction of sp³-hybridized carbons (Fsp3) is 0.304. The van der Waals surface area contributed by atoms with E-state index < -0.39 is 15.8 Å². The first-order valence-electron chi connectivity index (χ1n) is 11.0. The van der Waals surface area contributed by atoms with Crippen molar-refractivity contribution in [2.75, 3.05) is 19.3 Å². The number of rotatable bonds is 5. The minimum Gasteiger partial charge on any atom is -0.266 e. The van der Waals surface area contributed by atoms with E-state index in [0.29, 0.717) is 41.9 Å². The van der Waals surface area contributed by atoms with Gasteiger partial charge in [0.25, 0.3) is 0 Å². The number of fused-ring (bicyclic) bond motifs is 1. The predicted molar refractivity (Wildman–Crippen MR) is 129 cm³/mol. The van der Waals surface area contributed by atoms with Crippen molar-refractivity contribution < 1.29 is 12.8 Å². The zero-order chi connectivity index (χ0) is 24.7. The van der Waals surface area contributed by atoms with Crippen LogP contribution < -0.4 is 0 Å². The number of hydrogen-bond donors (Lipinski definition) is 0. The van der Waals surface area contributed by atoms with E-state index in [-0.39, 0.29) is 11.1 Å². The lowest BCUT2D eigenvalue weighted by Crippen LogP contribution is -2.38. The third-order valence-electron chi connectivity index (χ3n) is 6.22. The summed E-state index contributed by atoms with van der Waals surface area (Å²) in [6, 6.07) is 7.02. The summed E-state index contributed by atoms with van der Waals surface area (Å²) in [5, 5.41) is 18.7. The van der Waals surface area contributed by atoms with Crippen molar-refractivity contribution in [3.05, 3.63) is 60.1 Å². The highest BCUT2D eigenvalue weighted by Gasteiger charge is 2.27. The molecule has 0 saturated carbocycles. The van der Waals surface area contributed by atoms with Gasteiger partial charge in [-0.05, 0) is 38.0 Å². The second-order valence-electron chi connectivity index (χ2n) is 8.43. The van der Waals surface area contributed by atoms with Gasteiger partial charge in [-0.25, -0.2) is 26.6 Å². The highest BCUT2D eigenvalue weighted by atomic mass is 32.2. The monoisotopic (exact) mass is 511 g/mol. The molecule has 0 radical (unpaired) electrons. The van der Waals surface area contributed by atoms with Crippen LogP contribution in [0.1, 0.15) is 30.1 Å². The minimum atomic E-state index is -3.20. The van der Waals surface area contributed by atoms with Crippen LogP contribution >= 0.6 is 11.8 Å². The molecule has 1 saturated heterocycles. The number of halogens is 1. The molecule has 1 fully saturated rings. The van der Waals surface area contributed by atoms with Crippen LogP contribution in [0.3, 0.4) is 0 Å². The summed E-state index contributed by atoms with van der Waals surface area (Å²) >= 11 is 1.14. The molecule has 4 aromatic heterocycles. The first-order valence-corrected chi connectivity index (χ1v) is 13.6. The second kappa shape index (κ2) is 9.07. The number of aromatic nitrogens is 5. The van der Waals surface area contributed by atoms with Gasteiger partial charge in [0.05, 0.1) is 35.8 Å². The van der Waals surface area contributed by atoms with E-state index in [0.717, 1.165) is 28.6 Å². The van der Waals surface area contributed by atoms with Crippen molar-refractivity contribution in [2.45, 2.75) is 35.7 Å². The fourth-order valence-corrected chi connectivity index (χ4v) is 6.28. The molecule has 9 nitrogen and oxygen atoms in total. The zero-order valence-corrected chi connectivity index (χ0v) is 20.7. The van der Waals surface area contributed by atoms with Crippen LogP contribution in [0.4, 0.5) is 4.39 Å². The number of pyridine rings is 2. The van der Waals surface area contributed by atoms with Gasteiger partial charge >= 0.3 is 0 Å². The Labute approximate surface area is 206 Å². The Balaban J connectivity index is 1.52. The summed E-state index contributed by atoms with van der Waals surface area (Å²) in [5.74, 6) is -0.441. The van der Waals surface area contributed by atoms with E-state index in [2.05, 4.69) is 21.3 Å². The van der Waals surface area contributed by atoms with E-state index in [4.69, 9.17) is 0 Å². The first kappa shape index (κ1) is 23.5. The van der Waals surface area contributed by atoms with E-state index in [1.54, 1.807) is 10.7 Å². The summed E-state index contributed by atoms with van der Waals surface area (Å²) < 4.78 is 43.1. The zero-order valence-electron chi connectivity index (χ0n) is 19.1. The van der Waals surface area contributed by atoms with Crippen LogP contribution in [0.15, 0.2) is 52.9 Å². The molecular formula is C23H22FN7O2S2. The van der Waals surface area contributed by atoms with Gasteiger partial charge in [0, 0.05) is 47.2 Å². The number of hydrogen-bond acceptors (Lipinski definition) is 7. The molecule has 12 heteroatoms. The van der Waals surface area contributed by atoms with Crippen molar-refractivity contribution >= 4 is 27.3 Å². The van der Waals surface area contributed by atoms with Gasteiger partial charge in [-0.3, -0.25) is 4.68 Å². The van der Waals surface area contributed by atoms with Gasteiger partial charge < -0.3 is 0 Å². The molecule has 0 amide bonds. The van der Waals surface area contributed by atoms with Crippen molar-refractivity contribution in [3.63, 3.8) is 0 Å². The molecule has 180 valence electrons. The molecule has 0 aliphatic carbocycles. The van der Waals surface area contributed by atoms with Crippen LogP contribution in [0.25, 0.3) is 16.6 Å². The molecule has 1 aliphatic rings. The van der Waals surface area contributed by atoms with Crippen molar-refractivity contribution in [3.8, 4) is 17.2 Å². The lowest BCUT2D eigenvalue weighted by Gasteiger charge is -2.31. The molecule has 4 aromatic rings. The number of sulfonamides is 1.